The number of pyridine rings is 2. The maximum Gasteiger partial charge on any atom is 0.255 e. The zero-order chi connectivity index (χ0) is 27.5. The standard InChI is InChI=1S/C30H22ClN5O3S/c31-29-15-14-28(40-29)26(37)13-10-21-18-36(34-33-21)25-12-11-23(35-16-4-3-7-30(35)38)17-27(25)39-19-22-9-8-20-5-1-2-6-24(20)32-22/h1-9,11-12,14-18H,10,13,19H2. The van der Waals surface area contributed by atoms with Gasteiger partial charge in [0.2, 0.25) is 0 Å². The Morgan fingerprint density at radius 2 is 1.82 bits per heavy atom. The van der Waals surface area contributed by atoms with Crippen molar-refractivity contribution in [3.63, 3.8) is 0 Å². The minimum absolute atomic E-state index is 0.0102. The Kier molecular flexibility index (Phi) is 7.22. The molecule has 0 atom stereocenters. The van der Waals surface area contributed by atoms with Crippen LogP contribution in [0, 0.1) is 0 Å². The van der Waals surface area contributed by atoms with Crippen LogP contribution in [0.1, 0.15) is 27.5 Å². The molecule has 0 aliphatic rings. The van der Waals surface area contributed by atoms with Gasteiger partial charge in [-0.15, -0.1) is 16.4 Å². The molecule has 0 fully saturated rings. The molecule has 0 spiro atoms. The second-order valence-corrected chi connectivity index (χ2v) is 10.7. The van der Waals surface area contributed by atoms with Crippen LogP contribution in [0.5, 0.6) is 5.75 Å². The summed E-state index contributed by atoms with van der Waals surface area (Å²) < 4.78 is 10.0. The highest BCUT2D eigenvalue weighted by molar-refractivity contribution is 7.18. The zero-order valence-electron chi connectivity index (χ0n) is 21.1. The summed E-state index contributed by atoms with van der Waals surface area (Å²) in [6.07, 6.45) is 4.21. The first-order valence-corrected chi connectivity index (χ1v) is 13.7. The Bertz CT molecular complexity index is 1890. The number of ketones is 1. The molecule has 0 saturated carbocycles. The lowest BCUT2D eigenvalue weighted by Crippen LogP contribution is -2.16. The Labute approximate surface area is 238 Å². The van der Waals surface area contributed by atoms with Crippen LogP contribution in [-0.4, -0.2) is 30.3 Å². The number of hydrogen-bond acceptors (Lipinski definition) is 7. The molecule has 6 aromatic rings. The van der Waals surface area contributed by atoms with Crippen molar-refractivity contribution < 1.29 is 9.53 Å². The Morgan fingerprint density at radius 3 is 2.67 bits per heavy atom. The number of hydrogen-bond donors (Lipinski definition) is 0. The third kappa shape index (κ3) is 5.56. The largest absolute Gasteiger partial charge is 0.485 e. The molecule has 10 heteroatoms. The Hall–Kier alpha value is -4.60. The fraction of sp³-hybridized carbons (Fsp3) is 0.100. The van der Waals surface area contributed by atoms with E-state index >= 15 is 0 Å². The van der Waals surface area contributed by atoms with Gasteiger partial charge in [0.05, 0.1) is 38.0 Å². The number of para-hydroxylation sites is 1. The summed E-state index contributed by atoms with van der Waals surface area (Å²) in [5, 5.41) is 9.61. The van der Waals surface area contributed by atoms with E-state index in [1.54, 1.807) is 52.0 Å². The number of benzene rings is 2. The molecule has 6 rings (SSSR count). The van der Waals surface area contributed by atoms with Crippen molar-refractivity contribution in [2.24, 2.45) is 0 Å². The monoisotopic (exact) mass is 567 g/mol. The minimum atomic E-state index is -0.155. The smallest absolute Gasteiger partial charge is 0.255 e. The van der Waals surface area contributed by atoms with Crippen molar-refractivity contribution in [3.8, 4) is 17.1 Å². The minimum Gasteiger partial charge on any atom is -0.485 e. The van der Waals surface area contributed by atoms with Crippen LogP contribution >= 0.6 is 22.9 Å². The average Bonchev–Trinajstić information content (AvgIpc) is 3.64. The van der Waals surface area contributed by atoms with Gasteiger partial charge in [0.15, 0.2) is 5.78 Å². The number of aryl methyl sites for hydroxylation is 1. The summed E-state index contributed by atoms with van der Waals surface area (Å²) in [5.41, 5.74) is 3.45. The van der Waals surface area contributed by atoms with Gasteiger partial charge in [0, 0.05) is 36.6 Å². The number of aromatic nitrogens is 5. The van der Waals surface area contributed by atoms with E-state index in [1.165, 1.54) is 17.4 Å². The van der Waals surface area contributed by atoms with Crippen molar-refractivity contribution >= 4 is 39.6 Å². The second kappa shape index (κ2) is 11.3. The molecule has 0 unspecified atom stereocenters. The normalized spacial score (nSPS) is 11.1. The van der Waals surface area contributed by atoms with Crippen molar-refractivity contribution in [2.45, 2.75) is 19.4 Å². The number of rotatable bonds is 9. The average molecular weight is 568 g/mol. The Balaban J connectivity index is 1.27. The predicted molar refractivity (Wildman–Crippen MR) is 155 cm³/mol. The maximum atomic E-state index is 12.5. The molecule has 0 aliphatic heterocycles. The lowest BCUT2D eigenvalue weighted by Gasteiger charge is -2.14. The quantitative estimate of drug-likeness (QED) is 0.197. The topological polar surface area (TPSA) is 91.9 Å². The number of carbonyl (C=O) groups is 1. The van der Waals surface area contributed by atoms with Gasteiger partial charge in [-0.2, -0.15) is 0 Å². The highest BCUT2D eigenvalue weighted by atomic mass is 35.5. The number of ether oxygens (including phenoxy) is 1. The number of carbonyl (C=O) groups excluding carboxylic acids is 1. The molecule has 0 aliphatic carbocycles. The highest BCUT2D eigenvalue weighted by Crippen LogP contribution is 2.27. The second-order valence-electron chi connectivity index (χ2n) is 9.03. The van der Waals surface area contributed by atoms with Crippen molar-refractivity contribution in [1.29, 1.82) is 0 Å². The molecule has 4 aromatic heterocycles. The SMILES string of the molecule is O=C(CCc1cn(-c2ccc(-n3ccccc3=O)cc2OCc2ccc3ccccc3n2)nn1)c1ccc(Cl)s1. The van der Waals surface area contributed by atoms with E-state index in [2.05, 4.69) is 10.3 Å². The first-order chi connectivity index (χ1) is 19.5. The lowest BCUT2D eigenvalue weighted by atomic mass is 10.1. The van der Waals surface area contributed by atoms with Crippen molar-refractivity contribution in [1.82, 2.24) is 24.5 Å². The molecule has 0 amide bonds. The third-order valence-corrected chi connectivity index (χ3v) is 7.59. The van der Waals surface area contributed by atoms with Gasteiger partial charge >= 0.3 is 0 Å². The van der Waals surface area contributed by atoms with E-state index in [4.69, 9.17) is 21.3 Å². The van der Waals surface area contributed by atoms with Gasteiger partial charge < -0.3 is 4.74 Å². The number of thiophene rings is 1. The van der Waals surface area contributed by atoms with Gasteiger partial charge in [0.25, 0.3) is 5.56 Å². The number of halogens is 1. The number of nitrogens with zero attached hydrogens (tertiary/aromatic N) is 5. The summed E-state index contributed by atoms with van der Waals surface area (Å²) in [6, 6.07) is 25.7. The van der Waals surface area contributed by atoms with Crippen LogP contribution in [0.4, 0.5) is 0 Å². The summed E-state index contributed by atoms with van der Waals surface area (Å²) in [4.78, 5) is 30.3. The lowest BCUT2D eigenvalue weighted by molar-refractivity contribution is 0.0986. The first-order valence-electron chi connectivity index (χ1n) is 12.5. The van der Waals surface area contributed by atoms with Gasteiger partial charge in [-0.25, -0.2) is 9.67 Å². The molecule has 198 valence electrons. The fourth-order valence-electron chi connectivity index (χ4n) is 4.30. The van der Waals surface area contributed by atoms with E-state index < -0.39 is 0 Å². The first kappa shape index (κ1) is 25.7. The van der Waals surface area contributed by atoms with E-state index in [9.17, 15) is 9.59 Å². The Morgan fingerprint density at radius 1 is 0.950 bits per heavy atom. The van der Waals surface area contributed by atoms with E-state index in [0.29, 0.717) is 44.9 Å². The maximum absolute atomic E-state index is 12.5. The van der Waals surface area contributed by atoms with E-state index in [1.807, 2.05) is 48.5 Å². The zero-order valence-corrected chi connectivity index (χ0v) is 22.7. The van der Waals surface area contributed by atoms with Crippen LogP contribution < -0.4 is 10.3 Å². The number of Topliss-reactive ketones (excluding diaryl/α,β-unsaturated/α-hetero) is 1. The van der Waals surface area contributed by atoms with Crippen LogP contribution in [0.3, 0.4) is 0 Å². The molecule has 0 radical (unpaired) electrons. The molecule has 8 nitrogen and oxygen atoms in total. The highest BCUT2D eigenvalue weighted by Gasteiger charge is 2.15. The summed E-state index contributed by atoms with van der Waals surface area (Å²) in [5.74, 6) is 0.514. The summed E-state index contributed by atoms with van der Waals surface area (Å²) in [6.45, 7) is 0.213. The molecular formula is C30H22ClN5O3S. The van der Waals surface area contributed by atoms with Gasteiger partial charge in [-0.3, -0.25) is 14.2 Å². The fourth-order valence-corrected chi connectivity index (χ4v) is 5.31. The van der Waals surface area contributed by atoms with Crippen LogP contribution in [0.2, 0.25) is 4.34 Å². The van der Waals surface area contributed by atoms with Gasteiger partial charge in [-0.05, 0) is 42.5 Å². The van der Waals surface area contributed by atoms with Gasteiger partial charge in [-0.1, -0.05) is 47.1 Å². The molecule has 0 bridgehead atoms. The summed E-state index contributed by atoms with van der Waals surface area (Å²) >= 11 is 7.23. The van der Waals surface area contributed by atoms with Crippen LogP contribution in [0.25, 0.3) is 22.3 Å². The summed E-state index contributed by atoms with van der Waals surface area (Å²) in [7, 11) is 0. The number of fused-ring (bicyclic) bond motifs is 1. The van der Waals surface area contributed by atoms with E-state index in [-0.39, 0.29) is 17.9 Å². The van der Waals surface area contributed by atoms with Crippen molar-refractivity contribution in [3.05, 3.63) is 128 Å². The molecule has 0 N–H and O–H groups in total. The molecule has 40 heavy (non-hydrogen) atoms. The van der Waals surface area contributed by atoms with Crippen molar-refractivity contribution in [2.75, 3.05) is 0 Å². The molecule has 2 aromatic carbocycles. The molecule has 4 heterocycles. The van der Waals surface area contributed by atoms with Crippen LogP contribution in [-0.2, 0) is 13.0 Å². The molecule has 0 saturated heterocycles. The third-order valence-electron chi connectivity index (χ3n) is 6.32. The van der Waals surface area contributed by atoms with E-state index in [0.717, 1.165) is 16.6 Å². The van der Waals surface area contributed by atoms with Gasteiger partial charge in [0.1, 0.15) is 18.0 Å². The predicted octanol–water partition coefficient (Wildman–Crippen LogP) is 6.08. The molecular weight excluding hydrogens is 546 g/mol. The van der Waals surface area contributed by atoms with Crippen LogP contribution in [0.15, 0.2) is 102 Å².